The Morgan fingerprint density at radius 2 is 1.88 bits per heavy atom. The van der Waals surface area contributed by atoms with E-state index in [0.29, 0.717) is 11.3 Å². The summed E-state index contributed by atoms with van der Waals surface area (Å²) in [5, 5.41) is 0. The van der Waals surface area contributed by atoms with E-state index < -0.39 is 0 Å². The van der Waals surface area contributed by atoms with Crippen molar-refractivity contribution in [3.05, 3.63) is 40.5 Å². The SMILES string of the molecule is [C-]#[N+]c1cc(C(C)(CC)CC)cc(F)c1C. The molecule has 0 N–H and O–H groups in total. The van der Waals surface area contributed by atoms with Crippen LogP contribution in [0.3, 0.4) is 0 Å². The van der Waals surface area contributed by atoms with Gasteiger partial charge in [-0.15, -0.1) is 0 Å². The number of nitrogens with zero attached hydrogens (tertiary/aromatic N) is 1. The molecule has 0 radical (unpaired) electrons. The van der Waals surface area contributed by atoms with E-state index >= 15 is 0 Å². The first-order chi connectivity index (χ1) is 7.48. The van der Waals surface area contributed by atoms with Crippen molar-refractivity contribution >= 4 is 5.69 Å². The Morgan fingerprint density at radius 1 is 1.31 bits per heavy atom. The second kappa shape index (κ2) is 4.65. The Hall–Kier alpha value is -1.36. The number of benzene rings is 1. The predicted molar refractivity (Wildman–Crippen MR) is 65.3 cm³/mol. The van der Waals surface area contributed by atoms with Gasteiger partial charge in [0.15, 0.2) is 5.69 Å². The Balaban J connectivity index is 3.38. The lowest BCUT2D eigenvalue weighted by Crippen LogP contribution is -2.19. The Morgan fingerprint density at radius 3 is 2.31 bits per heavy atom. The Bertz CT molecular complexity index is 425. The molecule has 0 aliphatic heterocycles. The van der Waals surface area contributed by atoms with Gasteiger partial charge in [0.25, 0.3) is 0 Å². The van der Waals surface area contributed by atoms with E-state index in [-0.39, 0.29) is 11.2 Å². The van der Waals surface area contributed by atoms with Crippen LogP contribution in [0.5, 0.6) is 0 Å². The molecule has 0 aromatic heterocycles. The zero-order chi connectivity index (χ0) is 12.3. The molecule has 1 aromatic rings. The van der Waals surface area contributed by atoms with Gasteiger partial charge in [-0.2, -0.15) is 0 Å². The summed E-state index contributed by atoms with van der Waals surface area (Å²) in [5.41, 5.74) is 1.79. The highest BCUT2D eigenvalue weighted by atomic mass is 19.1. The van der Waals surface area contributed by atoms with E-state index in [1.165, 1.54) is 0 Å². The zero-order valence-corrected chi connectivity index (χ0v) is 10.4. The molecule has 0 amide bonds. The van der Waals surface area contributed by atoms with Crippen LogP contribution in [0, 0.1) is 19.3 Å². The van der Waals surface area contributed by atoms with Crippen molar-refractivity contribution in [2.75, 3.05) is 0 Å². The van der Waals surface area contributed by atoms with Crippen molar-refractivity contribution in [1.82, 2.24) is 0 Å². The van der Waals surface area contributed by atoms with Gasteiger partial charge in [-0.3, -0.25) is 0 Å². The van der Waals surface area contributed by atoms with Crippen LogP contribution in [0.4, 0.5) is 10.1 Å². The summed E-state index contributed by atoms with van der Waals surface area (Å²) in [4.78, 5) is 3.38. The minimum absolute atomic E-state index is 0.0337. The summed E-state index contributed by atoms with van der Waals surface area (Å²) in [7, 11) is 0. The zero-order valence-electron chi connectivity index (χ0n) is 10.4. The maximum atomic E-state index is 13.7. The summed E-state index contributed by atoms with van der Waals surface area (Å²) in [6.45, 7) is 15.0. The Kier molecular flexibility index (Phi) is 3.70. The van der Waals surface area contributed by atoms with E-state index in [4.69, 9.17) is 6.57 Å². The number of hydrogen-bond acceptors (Lipinski definition) is 0. The maximum Gasteiger partial charge on any atom is 0.193 e. The summed E-state index contributed by atoms with van der Waals surface area (Å²) < 4.78 is 13.7. The molecule has 1 rings (SSSR count). The van der Waals surface area contributed by atoms with Crippen LogP contribution in [0.15, 0.2) is 12.1 Å². The number of halogens is 1. The van der Waals surface area contributed by atoms with E-state index in [0.717, 1.165) is 18.4 Å². The fourth-order valence-corrected chi connectivity index (χ4v) is 1.79. The van der Waals surface area contributed by atoms with Gasteiger partial charge in [0.2, 0.25) is 0 Å². The topological polar surface area (TPSA) is 4.36 Å². The van der Waals surface area contributed by atoms with E-state index in [9.17, 15) is 4.39 Å². The largest absolute Gasteiger partial charge is 0.238 e. The second-order valence-corrected chi connectivity index (χ2v) is 4.48. The van der Waals surface area contributed by atoms with Crippen molar-refractivity contribution in [2.45, 2.75) is 46.0 Å². The standard InChI is InChI=1S/C14H18FN/c1-6-14(4,7-2)11-8-12(15)10(3)13(9-11)16-5/h8-9H,6-7H2,1-4H3. The van der Waals surface area contributed by atoms with Crippen LogP contribution in [0.25, 0.3) is 4.85 Å². The third-order valence-electron chi connectivity index (χ3n) is 3.69. The van der Waals surface area contributed by atoms with Crippen LogP contribution in [-0.4, -0.2) is 0 Å². The van der Waals surface area contributed by atoms with Crippen LogP contribution in [0.1, 0.15) is 44.7 Å². The van der Waals surface area contributed by atoms with E-state index in [1.807, 2.05) is 6.07 Å². The lowest BCUT2D eigenvalue weighted by Gasteiger charge is -2.28. The van der Waals surface area contributed by atoms with Crippen LogP contribution >= 0.6 is 0 Å². The fraction of sp³-hybridized carbons (Fsp3) is 0.500. The molecule has 0 aliphatic rings. The van der Waals surface area contributed by atoms with Crippen molar-refractivity contribution in [2.24, 2.45) is 0 Å². The molecule has 0 bridgehead atoms. The highest BCUT2D eigenvalue weighted by molar-refractivity contribution is 5.55. The molecule has 0 atom stereocenters. The number of hydrogen-bond donors (Lipinski definition) is 0. The maximum absolute atomic E-state index is 13.7. The fourth-order valence-electron chi connectivity index (χ4n) is 1.79. The molecule has 16 heavy (non-hydrogen) atoms. The van der Waals surface area contributed by atoms with Gasteiger partial charge in [0, 0.05) is 0 Å². The molecule has 2 heteroatoms. The molecule has 0 unspecified atom stereocenters. The van der Waals surface area contributed by atoms with Crippen molar-refractivity contribution < 1.29 is 4.39 Å². The van der Waals surface area contributed by atoms with Crippen LogP contribution in [-0.2, 0) is 5.41 Å². The van der Waals surface area contributed by atoms with Gasteiger partial charge in [-0.1, -0.05) is 26.8 Å². The van der Waals surface area contributed by atoms with E-state index in [2.05, 4.69) is 25.6 Å². The monoisotopic (exact) mass is 219 g/mol. The first kappa shape index (κ1) is 12.7. The summed E-state index contributed by atoms with van der Waals surface area (Å²) in [6.07, 6.45) is 1.90. The molecular weight excluding hydrogens is 201 g/mol. The van der Waals surface area contributed by atoms with Gasteiger partial charge < -0.3 is 0 Å². The van der Waals surface area contributed by atoms with Gasteiger partial charge in [0.05, 0.1) is 6.57 Å². The normalized spacial score (nSPS) is 11.2. The average molecular weight is 219 g/mol. The number of rotatable bonds is 3. The molecular formula is C14H18FN. The van der Waals surface area contributed by atoms with Gasteiger partial charge in [0.1, 0.15) is 5.82 Å². The molecule has 0 fully saturated rings. The highest BCUT2D eigenvalue weighted by Crippen LogP contribution is 2.35. The Labute approximate surface area is 97.1 Å². The molecule has 0 spiro atoms. The van der Waals surface area contributed by atoms with Crippen molar-refractivity contribution in [3.8, 4) is 0 Å². The molecule has 86 valence electrons. The molecule has 1 nitrogen and oxygen atoms in total. The summed E-state index contributed by atoms with van der Waals surface area (Å²) >= 11 is 0. The third kappa shape index (κ3) is 2.09. The predicted octanol–water partition coefficient (Wildman–Crippen LogP) is 4.76. The van der Waals surface area contributed by atoms with Crippen LogP contribution < -0.4 is 0 Å². The minimum Gasteiger partial charge on any atom is -0.238 e. The van der Waals surface area contributed by atoms with Gasteiger partial charge >= 0.3 is 0 Å². The molecule has 0 heterocycles. The second-order valence-electron chi connectivity index (χ2n) is 4.48. The highest BCUT2D eigenvalue weighted by Gasteiger charge is 2.24. The molecule has 1 aromatic carbocycles. The molecule has 0 saturated carbocycles. The smallest absolute Gasteiger partial charge is 0.193 e. The summed E-state index contributed by atoms with van der Waals surface area (Å²) in [5.74, 6) is -0.267. The quantitative estimate of drug-likeness (QED) is 0.645. The lowest BCUT2D eigenvalue weighted by molar-refractivity contribution is 0.436. The minimum atomic E-state index is -0.267. The van der Waals surface area contributed by atoms with Gasteiger partial charge in [-0.05, 0) is 42.4 Å². The molecule has 0 saturated heterocycles. The molecule has 0 aliphatic carbocycles. The van der Waals surface area contributed by atoms with Crippen LogP contribution in [0.2, 0.25) is 0 Å². The van der Waals surface area contributed by atoms with Crippen molar-refractivity contribution in [3.63, 3.8) is 0 Å². The first-order valence-corrected chi connectivity index (χ1v) is 5.66. The summed E-state index contributed by atoms with van der Waals surface area (Å²) in [6, 6.07) is 3.41. The average Bonchev–Trinajstić information content (AvgIpc) is 2.31. The first-order valence-electron chi connectivity index (χ1n) is 5.66. The third-order valence-corrected chi connectivity index (χ3v) is 3.69. The van der Waals surface area contributed by atoms with Crippen molar-refractivity contribution in [1.29, 1.82) is 0 Å². The lowest BCUT2D eigenvalue weighted by atomic mass is 9.77. The van der Waals surface area contributed by atoms with E-state index in [1.54, 1.807) is 13.0 Å². The van der Waals surface area contributed by atoms with Gasteiger partial charge in [-0.25, -0.2) is 9.24 Å².